The Morgan fingerprint density at radius 2 is 1.93 bits per heavy atom. The van der Waals surface area contributed by atoms with Crippen molar-refractivity contribution < 1.29 is 18.3 Å². The molecule has 0 saturated heterocycles. The molecule has 0 atom stereocenters. The van der Waals surface area contributed by atoms with E-state index in [1.807, 2.05) is 0 Å². The number of ether oxygens (including phenoxy) is 1. The Morgan fingerprint density at radius 3 is 2.47 bits per heavy atom. The highest BCUT2D eigenvalue weighted by molar-refractivity contribution is 5.89. The van der Waals surface area contributed by atoms with E-state index < -0.39 is 18.5 Å². The fourth-order valence-corrected chi connectivity index (χ4v) is 0.931. The first-order chi connectivity index (χ1) is 7.05. The second-order valence-electron chi connectivity index (χ2n) is 3.15. The molecule has 0 aliphatic rings. The van der Waals surface area contributed by atoms with Crippen LogP contribution in [0, 0.1) is 0 Å². The summed E-state index contributed by atoms with van der Waals surface area (Å²) in [7, 11) is 0. The van der Waals surface area contributed by atoms with Crippen LogP contribution in [0.3, 0.4) is 0 Å². The zero-order chi connectivity index (χ0) is 11.3. The molecule has 0 unspecified atom stereocenters. The Bertz CT molecular complexity index is 323. The molecular weight excluding hydrogens is 202 g/mol. The van der Waals surface area contributed by atoms with Gasteiger partial charge in [0.25, 0.3) is 5.92 Å². The molecule has 0 aliphatic heterocycles. The second kappa shape index (κ2) is 4.87. The topological polar surface area (TPSA) is 26.3 Å². The predicted molar refractivity (Wildman–Crippen MR) is 52.0 cm³/mol. The molecule has 0 spiro atoms. The molecule has 0 N–H and O–H groups in total. The third kappa shape index (κ3) is 3.65. The van der Waals surface area contributed by atoms with Crippen molar-refractivity contribution in [2.75, 3.05) is 6.61 Å². The average molecular weight is 214 g/mol. The maximum atomic E-state index is 12.8. The van der Waals surface area contributed by atoms with E-state index in [0.717, 1.165) is 0 Å². The minimum absolute atomic E-state index is 0.282. The summed E-state index contributed by atoms with van der Waals surface area (Å²) < 4.78 is 30.0. The molecule has 0 bridgehead atoms. The second-order valence-corrected chi connectivity index (χ2v) is 3.15. The van der Waals surface area contributed by atoms with Crippen LogP contribution in [0.15, 0.2) is 30.3 Å². The zero-order valence-electron chi connectivity index (χ0n) is 8.37. The van der Waals surface area contributed by atoms with Crippen molar-refractivity contribution in [3.8, 4) is 0 Å². The van der Waals surface area contributed by atoms with Crippen LogP contribution >= 0.6 is 0 Å². The molecular formula is C11H12F2O2. The first-order valence-electron chi connectivity index (χ1n) is 4.65. The van der Waals surface area contributed by atoms with E-state index in [-0.39, 0.29) is 12.0 Å². The Morgan fingerprint density at radius 1 is 1.33 bits per heavy atom. The zero-order valence-corrected chi connectivity index (χ0v) is 8.37. The lowest BCUT2D eigenvalue weighted by molar-refractivity contribution is -0.0629. The lowest BCUT2D eigenvalue weighted by Gasteiger charge is -2.13. The van der Waals surface area contributed by atoms with Gasteiger partial charge in [-0.05, 0) is 12.1 Å². The minimum Gasteiger partial charge on any atom is -0.456 e. The van der Waals surface area contributed by atoms with Crippen molar-refractivity contribution >= 4 is 5.97 Å². The summed E-state index contributed by atoms with van der Waals surface area (Å²) in [5, 5.41) is 0. The van der Waals surface area contributed by atoms with Gasteiger partial charge in [-0.1, -0.05) is 25.1 Å². The Labute approximate surface area is 86.9 Å². The van der Waals surface area contributed by atoms with Crippen molar-refractivity contribution in [1.82, 2.24) is 0 Å². The van der Waals surface area contributed by atoms with Gasteiger partial charge in [0.1, 0.15) is 0 Å². The Balaban J connectivity index is 2.51. The molecule has 15 heavy (non-hydrogen) atoms. The van der Waals surface area contributed by atoms with Crippen molar-refractivity contribution in [3.05, 3.63) is 35.9 Å². The van der Waals surface area contributed by atoms with Crippen LogP contribution in [0.1, 0.15) is 23.7 Å². The van der Waals surface area contributed by atoms with Gasteiger partial charge in [0.05, 0.1) is 5.56 Å². The van der Waals surface area contributed by atoms with Crippen molar-refractivity contribution in [3.63, 3.8) is 0 Å². The molecule has 0 aliphatic carbocycles. The van der Waals surface area contributed by atoms with Gasteiger partial charge in [0.2, 0.25) is 0 Å². The van der Waals surface area contributed by atoms with Gasteiger partial charge in [0, 0.05) is 6.42 Å². The number of carbonyl (C=O) groups is 1. The van der Waals surface area contributed by atoms with Crippen LogP contribution in [0.25, 0.3) is 0 Å². The van der Waals surface area contributed by atoms with Crippen LogP contribution < -0.4 is 0 Å². The first-order valence-corrected chi connectivity index (χ1v) is 4.65. The van der Waals surface area contributed by atoms with Gasteiger partial charge in [0.15, 0.2) is 6.61 Å². The lowest BCUT2D eigenvalue weighted by atomic mass is 10.2. The smallest absolute Gasteiger partial charge is 0.338 e. The van der Waals surface area contributed by atoms with Crippen LogP contribution in [-0.2, 0) is 4.74 Å². The molecule has 0 saturated carbocycles. The molecule has 0 aromatic heterocycles. The van der Waals surface area contributed by atoms with Crippen LogP contribution in [0.5, 0.6) is 0 Å². The molecule has 1 aromatic carbocycles. The fourth-order valence-electron chi connectivity index (χ4n) is 0.931. The Kier molecular flexibility index (Phi) is 3.77. The van der Waals surface area contributed by atoms with Crippen LogP contribution in [0.4, 0.5) is 8.78 Å². The van der Waals surface area contributed by atoms with Gasteiger partial charge in [-0.2, -0.15) is 0 Å². The third-order valence-electron chi connectivity index (χ3n) is 1.94. The molecule has 0 radical (unpaired) electrons. The van der Waals surface area contributed by atoms with Crippen molar-refractivity contribution in [2.45, 2.75) is 19.3 Å². The quantitative estimate of drug-likeness (QED) is 0.720. The summed E-state index contributed by atoms with van der Waals surface area (Å²) in [5.74, 6) is -3.66. The first kappa shape index (κ1) is 11.6. The average Bonchev–Trinajstić information content (AvgIpc) is 2.27. The van der Waals surface area contributed by atoms with Crippen LogP contribution in [-0.4, -0.2) is 18.5 Å². The van der Waals surface area contributed by atoms with Gasteiger partial charge in [-0.15, -0.1) is 0 Å². The number of hydrogen-bond acceptors (Lipinski definition) is 2. The number of alkyl halides is 2. The molecule has 0 amide bonds. The number of hydrogen-bond donors (Lipinski definition) is 0. The number of esters is 1. The Hall–Kier alpha value is -1.45. The minimum atomic E-state index is -2.94. The highest BCUT2D eigenvalue weighted by Gasteiger charge is 2.28. The largest absolute Gasteiger partial charge is 0.456 e. The molecule has 0 heterocycles. The maximum Gasteiger partial charge on any atom is 0.338 e. The summed E-state index contributed by atoms with van der Waals surface area (Å²) in [4.78, 5) is 11.3. The monoisotopic (exact) mass is 214 g/mol. The van der Waals surface area contributed by atoms with Gasteiger partial charge in [-0.3, -0.25) is 0 Å². The van der Waals surface area contributed by atoms with E-state index in [2.05, 4.69) is 4.74 Å². The molecule has 1 aromatic rings. The molecule has 0 fully saturated rings. The van der Waals surface area contributed by atoms with Crippen LogP contribution in [0.2, 0.25) is 0 Å². The van der Waals surface area contributed by atoms with Crippen molar-refractivity contribution in [1.29, 1.82) is 0 Å². The normalized spacial score (nSPS) is 11.1. The maximum absolute atomic E-state index is 12.8. The van der Waals surface area contributed by atoms with Crippen molar-refractivity contribution in [2.24, 2.45) is 0 Å². The van der Waals surface area contributed by atoms with Gasteiger partial charge in [-0.25, -0.2) is 13.6 Å². The van der Waals surface area contributed by atoms with E-state index >= 15 is 0 Å². The molecule has 82 valence electrons. The number of halogens is 2. The SMILES string of the molecule is CCC(F)(F)COC(=O)c1ccccc1. The van der Waals surface area contributed by atoms with Gasteiger partial charge >= 0.3 is 5.97 Å². The van der Waals surface area contributed by atoms with E-state index in [1.54, 1.807) is 18.2 Å². The fraction of sp³-hybridized carbons (Fsp3) is 0.364. The third-order valence-corrected chi connectivity index (χ3v) is 1.94. The number of benzene rings is 1. The summed E-state index contributed by atoms with van der Waals surface area (Å²) in [5.41, 5.74) is 0.282. The molecule has 2 nitrogen and oxygen atoms in total. The number of rotatable bonds is 4. The highest BCUT2D eigenvalue weighted by Crippen LogP contribution is 2.18. The summed E-state index contributed by atoms with van der Waals surface area (Å²) in [6.07, 6.45) is -0.338. The highest BCUT2D eigenvalue weighted by atomic mass is 19.3. The number of carbonyl (C=O) groups excluding carboxylic acids is 1. The van der Waals surface area contributed by atoms with Gasteiger partial charge < -0.3 is 4.74 Å². The molecule has 1 rings (SSSR count). The van der Waals surface area contributed by atoms with E-state index in [1.165, 1.54) is 19.1 Å². The predicted octanol–water partition coefficient (Wildman–Crippen LogP) is 2.89. The summed E-state index contributed by atoms with van der Waals surface area (Å²) >= 11 is 0. The van der Waals surface area contributed by atoms with E-state index in [0.29, 0.717) is 0 Å². The summed E-state index contributed by atoms with van der Waals surface area (Å²) in [6, 6.07) is 8.07. The van der Waals surface area contributed by atoms with E-state index in [9.17, 15) is 13.6 Å². The lowest BCUT2D eigenvalue weighted by Crippen LogP contribution is -2.24. The summed E-state index contributed by atoms with van der Waals surface area (Å²) in [6.45, 7) is 0.480. The molecule has 4 heteroatoms. The van der Waals surface area contributed by atoms with E-state index in [4.69, 9.17) is 0 Å². The standard InChI is InChI=1S/C11H12F2O2/c1-2-11(12,13)8-15-10(14)9-6-4-3-5-7-9/h3-7H,2,8H2,1H3.